The minimum Gasteiger partial charge on any atom is -0.393 e. The third-order valence-corrected chi connectivity index (χ3v) is 9.08. The van der Waals surface area contributed by atoms with Crippen LogP contribution in [0.15, 0.2) is 0 Å². The minimum absolute atomic E-state index is 0.0249. The number of aliphatic hydroxyl groups is 2. The van der Waals surface area contributed by atoms with Gasteiger partial charge in [0.25, 0.3) is 0 Å². The van der Waals surface area contributed by atoms with E-state index in [1.54, 1.807) is 0 Å². The molecule has 0 aromatic carbocycles. The smallest absolute Gasteiger partial charge is 0.220 e. The van der Waals surface area contributed by atoms with E-state index in [9.17, 15) is 15.0 Å². The molecule has 0 spiro atoms. The molecule has 33 heavy (non-hydrogen) atoms. The molecule has 0 bridgehead atoms. The second kappa shape index (κ2) is 12.4. The van der Waals surface area contributed by atoms with E-state index >= 15 is 0 Å². The predicted molar refractivity (Wildman–Crippen MR) is 135 cm³/mol. The van der Waals surface area contributed by atoms with Crippen molar-refractivity contribution < 1.29 is 19.7 Å². The van der Waals surface area contributed by atoms with E-state index in [-0.39, 0.29) is 23.5 Å². The van der Waals surface area contributed by atoms with Gasteiger partial charge < -0.3 is 20.7 Å². The molecular weight excluding hydrogens is 414 g/mol. The minimum atomic E-state index is -0.654. The molecule has 1 aliphatic heterocycles. The van der Waals surface area contributed by atoms with Crippen LogP contribution in [0.3, 0.4) is 0 Å². The summed E-state index contributed by atoms with van der Waals surface area (Å²) in [6, 6.07) is 0. The summed E-state index contributed by atoms with van der Waals surface area (Å²) in [5.74, 6) is 1.54. The van der Waals surface area contributed by atoms with E-state index in [4.69, 9.17) is 10.5 Å². The fourth-order valence-electron chi connectivity index (χ4n) is 6.14. The van der Waals surface area contributed by atoms with Gasteiger partial charge in [0.15, 0.2) is 0 Å². The van der Waals surface area contributed by atoms with Gasteiger partial charge in [-0.05, 0) is 88.9 Å². The Morgan fingerprint density at radius 2 is 1.73 bits per heavy atom. The van der Waals surface area contributed by atoms with Gasteiger partial charge in [0, 0.05) is 5.92 Å². The molecular formula is C28H53NO4. The number of hydrogen-bond acceptors (Lipinski definition) is 4. The van der Waals surface area contributed by atoms with E-state index < -0.39 is 5.60 Å². The molecule has 2 aliphatic rings. The second-order valence-corrected chi connectivity index (χ2v) is 12.4. The highest BCUT2D eigenvalue weighted by molar-refractivity contribution is 5.76. The number of primary amides is 1. The molecule has 5 heteroatoms. The van der Waals surface area contributed by atoms with Crippen molar-refractivity contribution in [3.63, 3.8) is 0 Å². The van der Waals surface area contributed by atoms with Crippen LogP contribution in [0.5, 0.6) is 0 Å². The number of carbonyl (C=O) groups is 1. The van der Waals surface area contributed by atoms with Gasteiger partial charge in [-0.15, -0.1) is 0 Å². The van der Waals surface area contributed by atoms with Crippen LogP contribution in [0.25, 0.3) is 0 Å². The van der Waals surface area contributed by atoms with E-state index in [2.05, 4.69) is 27.7 Å². The first-order chi connectivity index (χ1) is 15.3. The Kier molecular flexibility index (Phi) is 10.7. The maximum atomic E-state index is 11.2. The largest absolute Gasteiger partial charge is 0.393 e. The summed E-state index contributed by atoms with van der Waals surface area (Å²) in [7, 11) is 0. The van der Waals surface area contributed by atoms with Gasteiger partial charge in [-0.1, -0.05) is 53.4 Å². The summed E-state index contributed by atoms with van der Waals surface area (Å²) in [6.45, 7) is 12.8. The lowest BCUT2D eigenvalue weighted by Gasteiger charge is -2.51. The molecule has 0 aromatic heterocycles. The number of carbonyl (C=O) groups excluding carboxylic acids is 1. The van der Waals surface area contributed by atoms with Gasteiger partial charge in [-0.2, -0.15) is 0 Å². The fraction of sp³-hybridized carbons (Fsp3) is 0.964. The second-order valence-electron chi connectivity index (χ2n) is 12.4. The summed E-state index contributed by atoms with van der Waals surface area (Å²) in [4.78, 5) is 11.2. The molecule has 0 aromatic rings. The van der Waals surface area contributed by atoms with Crippen molar-refractivity contribution in [3.8, 4) is 0 Å². The quantitative estimate of drug-likeness (QED) is 0.329. The molecule has 9 unspecified atom stereocenters. The highest BCUT2D eigenvalue weighted by atomic mass is 16.5. The Hall–Kier alpha value is -0.650. The molecule has 1 saturated carbocycles. The number of aliphatic hydroxyl groups excluding tert-OH is 1. The van der Waals surface area contributed by atoms with E-state index in [1.807, 2.05) is 13.8 Å². The SMILES string of the molecule is CC(CCCC(C)(O)CCCC(C)C(N)=O)CCCC1(C)CCC2CC(O)C(C)C(C)C2O1. The Morgan fingerprint density at radius 1 is 1.12 bits per heavy atom. The number of rotatable bonds is 13. The fourth-order valence-corrected chi connectivity index (χ4v) is 6.14. The van der Waals surface area contributed by atoms with Gasteiger partial charge in [0.05, 0.1) is 23.4 Å². The van der Waals surface area contributed by atoms with Crippen molar-refractivity contribution in [2.75, 3.05) is 0 Å². The summed E-state index contributed by atoms with van der Waals surface area (Å²) in [5.41, 5.74) is 4.64. The molecule has 2 fully saturated rings. The van der Waals surface area contributed by atoms with Crippen LogP contribution in [0, 0.1) is 29.6 Å². The lowest BCUT2D eigenvalue weighted by molar-refractivity contribution is -0.200. The van der Waals surface area contributed by atoms with Crippen molar-refractivity contribution in [1.29, 1.82) is 0 Å². The first-order valence-electron chi connectivity index (χ1n) is 13.7. The average molecular weight is 468 g/mol. The first-order valence-corrected chi connectivity index (χ1v) is 13.7. The topological polar surface area (TPSA) is 92.8 Å². The van der Waals surface area contributed by atoms with Crippen LogP contribution in [-0.2, 0) is 9.53 Å². The van der Waals surface area contributed by atoms with Crippen molar-refractivity contribution in [1.82, 2.24) is 0 Å². The number of hydrogen-bond donors (Lipinski definition) is 3. The summed E-state index contributed by atoms with van der Waals surface area (Å²) >= 11 is 0. The van der Waals surface area contributed by atoms with Crippen LogP contribution >= 0.6 is 0 Å². The van der Waals surface area contributed by atoms with Crippen LogP contribution in [0.4, 0.5) is 0 Å². The van der Waals surface area contributed by atoms with Crippen molar-refractivity contribution in [2.45, 2.75) is 142 Å². The molecule has 1 aliphatic carbocycles. The number of fused-ring (bicyclic) bond motifs is 1. The number of ether oxygens (including phenoxy) is 1. The molecule has 5 nitrogen and oxygen atoms in total. The predicted octanol–water partition coefficient (Wildman–Crippen LogP) is 5.60. The van der Waals surface area contributed by atoms with Crippen molar-refractivity contribution >= 4 is 5.91 Å². The standard InChI is InChI=1S/C28H53NO4/c1-19(10-7-14-27(5,32)15-9-12-20(2)26(29)31)11-8-16-28(6)17-13-23-18-24(30)21(3)22(4)25(23)33-28/h19-25,30,32H,7-18H2,1-6H3,(H2,29,31). The highest BCUT2D eigenvalue weighted by Gasteiger charge is 2.46. The Labute approximate surface area is 203 Å². The van der Waals surface area contributed by atoms with Crippen molar-refractivity contribution in [3.05, 3.63) is 0 Å². The highest BCUT2D eigenvalue weighted by Crippen LogP contribution is 2.46. The Morgan fingerprint density at radius 3 is 2.36 bits per heavy atom. The third kappa shape index (κ3) is 8.81. The molecule has 9 atom stereocenters. The zero-order valence-corrected chi connectivity index (χ0v) is 22.3. The molecule has 0 radical (unpaired) electrons. The lowest BCUT2D eigenvalue weighted by atomic mass is 9.67. The molecule has 2 rings (SSSR count). The normalized spacial score (nSPS) is 35.9. The van der Waals surface area contributed by atoms with Crippen LogP contribution in [0.1, 0.15) is 119 Å². The number of amides is 1. The Bertz CT molecular complexity index is 607. The average Bonchev–Trinajstić information content (AvgIpc) is 2.72. The van der Waals surface area contributed by atoms with Crippen LogP contribution < -0.4 is 5.73 Å². The molecule has 1 heterocycles. The van der Waals surface area contributed by atoms with E-state index in [0.717, 1.165) is 57.8 Å². The monoisotopic (exact) mass is 467 g/mol. The van der Waals surface area contributed by atoms with Crippen molar-refractivity contribution in [2.24, 2.45) is 35.3 Å². The molecule has 1 saturated heterocycles. The lowest BCUT2D eigenvalue weighted by Crippen LogP contribution is -2.52. The summed E-state index contributed by atoms with van der Waals surface area (Å²) < 4.78 is 6.71. The first kappa shape index (κ1) is 28.6. The maximum absolute atomic E-state index is 11.2. The molecule has 4 N–H and O–H groups in total. The zero-order valence-electron chi connectivity index (χ0n) is 22.3. The zero-order chi connectivity index (χ0) is 24.8. The molecule has 194 valence electrons. The van der Waals surface area contributed by atoms with Crippen LogP contribution in [0.2, 0.25) is 0 Å². The molecule has 1 amide bonds. The van der Waals surface area contributed by atoms with E-state index in [1.165, 1.54) is 19.3 Å². The maximum Gasteiger partial charge on any atom is 0.220 e. The van der Waals surface area contributed by atoms with Crippen LogP contribution in [-0.4, -0.2) is 39.5 Å². The number of nitrogens with two attached hydrogens (primary N) is 1. The summed E-state index contributed by atoms with van der Waals surface area (Å²) in [5, 5.41) is 21.0. The van der Waals surface area contributed by atoms with Gasteiger partial charge in [0.2, 0.25) is 5.91 Å². The van der Waals surface area contributed by atoms with E-state index in [0.29, 0.717) is 29.8 Å². The third-order valence-electron chi connectivity index (χ3n) is 9.08. The van der Waals surface area contributed by atoms with Gasteiger partial charge in [-0.25, -0.2) is 0 Å². The summed E-state index contributed by atoms with van der Waals surface area (Å²) in [6.07, 6.45) is 12.1. The van der Waals surface area contributed by atoms with Gasteiger partial charge in [0.1, 0.15) is 0 Å². The van der Waals surface area contributed by atoms with Gasteiger partial charge in [-0.3, -0.25) is 4.79 Å². The Balaban J connectivity index is 1.64. The van der Waals surface area contributed by atoms with Gasteiger partial charge >= 0.3 is 0 Å².